The predicted octanol–water partition coefficient (Wildman–Crippen LogP) is 8.03. The van der Waals surface area contributed by atoms with E-state index in [0.717, 1.165) is 55.7 Å². The van der Waals surface area contributed by atoms with Crippen molar-refractivity contribution in [3.05, 3.63) is 108 Å². The number of aliphatic hydroxyl groups is 4. The van der Waals surface area contributed by atoms with Gasteiger partial charge in [-0.1, -0.05) is 137 Å². The standard InChI is InChI=1S/C54H83N3O18P2/c1-3-5-7-8-9-10-11-12-13-14-15-16-17-18-19-20-21-22-28-32-50(62)73-42-38-70-49(61)31-27-24-23-26-30-44-46(60)37-45(59)43(34-33-41(58)29-25-6-4-2)51(63)52(64)47(40-72-77(68,69)75-76(66,67)71-39-42)74-53(44)57-36-35-48(55)56-54(57)65/h5,7,9-10,12-13,15-16,18-19,21-22,33-36,41-45,47,51-53,58-59,63-64H,3-4,6,8,11,14,17,20,23-32,37-40H2,1-2H3,(H,66,67)(H,68,69)(H2,55,56,65)/b7-5-,10-9-,13-12-,16-15-,19-18-,22-21-,34-33+/t41-,42+,43-,44-,45+,47+,51-,52+,53+/m0/s1. The molecular weight excluding hydrogens is 1040 g/mol. The molecular formula is C54H83N3O18P2. The van der Waals surface area contributed by atoms with Crippen LogP contribution in [0.4, 0.5) is 5.82 Å². The first kappa shape index (κ1) is 66.8. The van der Waals surface area contributed by atoms with E-state index in [1.54, 1.807) is 6.08 Å². The van der Waals surface area contributed by atoms with Crippen molar-refractivity contribution in [1.29, 1.82) is 0 Å². The Bertz CT molecular complexity index is 2300. The van der Waals surface area contributed by atoms with Crippen LogP contribution in [0.3, 0.4) is 0 Å². The van der Waals surface area contributed by atoms with Crippen molar-refractivity contribution >= 4 is 39.2 Å². The third kappa shape index (κ3) is 27.8. The molecule has 2 aliphatic rings. The number of cyclic esters (lactones) is 1. The maximum Gasteiger partial charge on any atom is 0.481 e. The molecule has 21 nitrogen and oxygen atoms in total. The van der Waals surface area contributed by atoms with E-state index in [1.165, 1.54) is 18.2 Å². The van der Waals surface area contributed by atoms with Crippen LogP contribution in [0, 0.1) is 11.8 Å². The van der Waals surface area contributed by atoms with Crippen LogP contribution in [0.15, 0.2) is 102 Å². The lowest BCUT2D eigenvalue weighted by molar-refractivity contribution is -0.184. The average molecular weight is 1120 g/mol. The molecule has 2 bridgehead atoms. The van der Waals surface area contributed by atoms with E-state index in [4.69, 9.17) is 29.0 Å². The molecule has 0 aliphatic carbocycles. The molecule has 2 aliphatic heterocycles. The zero-order valence-electron chi connectivity index (χ0n) is 44.4. The summed E-state index contributed by atoms with van der Waals surface area (Å²) in [5.41, 5.74) is 4.75. The van der Waals surface area contributed by atoms with Crippen molar-refractivity contribution in [3.8, 4) is 0 Å². The number of hydrogen-bond acceptors (Lipinski definition) is 18. The van der Waals surface area contributed by atoms with Gasteiger partial charge in [0.25, 0.3) is 0 Å². The molecule has 0 aromatic carbocycles. The Hall–Kier alpha value is -4.47. The molecule has 0 spiro atoms. The number of fused-ring (bicyclic) bond motifs is 3. The van der Waals surface area contributed by atoms with Crippen molar-refractivity contribution in [1.82, 2.24) is 9.55 Å². The number of esters is 2. The summed E-state index contributed by atoms with van der Waals surface area (Å²) in [4.78, 5) is 78.5. The number of allylic oxidation sites excluding steroid dienone is 12. The van der Waals surface area contributed by atoms with E-state index in [2.05, 4.69) is 64.8 Å². The average Bonchev–Trinajstić information content (AvgIpc) is 3.37. The summed E-state index contributed by atoms with van der Waals surface area (Å²) in [6.07, 6.45) is 25.0. The third-order valence-corrected chi connectivity index (χ3v) is 15.0. The predicted molar refractivity (Wildman–Crippen MR) is 289 cm³/mol. The fraction of sp³-hybridized carbons (Fsp3) is 0.611. The number of rotatable bonds is 22. The van der Waals surface area contributed by atoms with E-state index in [-0.39, 0.29) is 37.9 Å². The summed E-state index contributed by atoms with van der Waals surface area (Å²) in [6.45, 7) is 1.28. The molecule has 0 radical (unpaired) electrons. The van der Waals surface area contributed by atoms with Crippen molar-refractivity contribution in [3.63, 3.8) is 0 Å². The zero-order chi connectivity index (χ0) is 56.5. The van der Waals surface area contributed by atoms with Crippen LogP contribution in [0.5, 0.6) is 0 Å². The molecule has 0 saturated carbocycles. The molecule has 8 N–H and O–H groups in total. The van der Waals surface area contributed by atoms with Crippen molar-refractivity contribution in [2.24, 2.45) is 11.8 Å². The molecule has 1 aromatic heterocycles. The fourth-order valence-electron chi connectivity index (χ4n) is 8.17. The van der Waals surface area contributed by atoms with Gasteiger partial charge in [-0.15, -0.1) is 0 Å². The first-order valence-corrected chi connectivity index (χ1v) is 29.7. The second-order valence-electron chi connectivity index (χ2n) is 18.8. The van der Waals surface area contributed by atoms with Gasteiger partial charge >= 0.3 is 33.3 Å². The van der Waals surface area contributed by atoms with E-state index in [0.29, 0.717) is 38.5 Å². The minimum atomic E-state index is -5.74. The lowest BCUT2D eigenvalue weighted by Crippen LogP contribution is -2.51. The second kappa shape index (κ2) is 37.4. The summed E-state index contributed by atoms with van der Waals surface area (Å²) in [6, 6.07) is 1.23. The van der Waals surface area contributed by atoms with Gasteiger partial charge in [-0.2, -0.15) is 9.29 Å². The van der Waals surface area contributed by atoms with Gasteiger partial charge in [0.2, 0.25) is 0 Å². The van der Waals surface area contributed by atoms with Gasteiger partial charge in [0.05, 0.1) is 37.4 Å². The van der Waals surface area contributed by atoms with Gasteiger partial charge in [-0.3, -0.25) is 28.0 Å². The Morgan fingerprint density at radius 1 is 0.818 bits per heavy atom. The van der Waals surface area contributed by atoms with Crippen molar-refractivity contribution in [2.45, 2.75) is 179 Å². The van der Waals surface area contributed by atoms with Crippen LogP contribution in [0.2, 0.25) is 0 Å². The Morgan fingerprint density at radius 2 is 1.42 bits per heavy atom. The molecule has 1 aromatic rings. The Kier molecular flexibility index (Phi) is 32.5. The number of Topliss-reactive ketones (excluding diaryl/α,β-unsaturated/α-hetero) is 1. The summed E-state index contributed by atoms with van der Waals surface area (Å²) < 4.78 is 59.0. The quantitative estimate of drug-likeness (QED) is 0.0250. The minimum absolute atomic E-state index is 0.0138. The number of nitrogen functional groups attached to an aromatic ring is 1. The van der Waals surface area contributed by atoms with E-state index in [9.17, 15) is 58.5 Å². The minimum Gasteiger partial charge on any atom is -0.462 e. The van der Waals surface area contributed by atoms with Crippen LogP contribution in [0.25, 0.3) is 0 Å². The first-order valence-electron chi connectivity index (χ1n) is 26.7. The van der Waals surface area contributed by atoms with Crippen LogP contribution < -0.4 is 11.4 Å². The summed E-state index contributed by atoms with van der Waals surface area (Å²) >= 11 is 0. The highest BCUT2D eigenvalue weighted by atomic mass is 31.3. The number of nitrogens with zero attached hydrogens (tertiary/aromatic N) is 2. The van der Waals surface area contributed by atoms with Crippen LogP contribution in [-0.2, 0) is 51.1 Å². The number of nitrogens with two attached hydrogens (primary N) is 1. The van der Waals surface area contributed by atoms with E-state index < -0.39 is 120 Å². The Morgan fingerprint density at radius 3 is 2.03 bits per heavy atom. The topological polar surface area (TPSA) is 323 Å². The maximum absolute atomic E-state index is 14.3. The monoisotopic (exact) mass is 1120 g/mol. The molecule has 2 fully saturated rings. The number of ketones is 1. The normalized spacial score (nSPS) is 29.0. The van der Waals surface area contributed by atoms with Crippen LogP contribution in [0.1, 0.15) is 142 Å². The third-order valence-electron chi connectivity index (χ3n) is 12.4. The molecule has 432 valence electrons. The largest absolute Gasteiger partial charge is 0.481 e. The number of anilines is 1. The number of aliphatic hydroxyl groups excluding tert-OH is 4. The highest BCUT2D eigenvalue weighted by Gasteiger charge is 2.45. The molecule has 2 saturated heterocycles. The number of ether oxygens (including phenoxy) is 3. The summed E-state index contributed by atoms with van der Waals surface area (Å²) in [5.74, 6) is -5.08. The number of carbonyl (C=O) groups is 3. The molecule has 2 unspecified atom stereocenters. The highest BCUT2D eigenvalue weighted by Crippen LogP contribution is 2.60. The lowest BCUT2D eigenvalue weighted by atomic mass is 9.83. The van der Waals surface area contributed by atoms with Gasteiger partial charge in [0.15, 0.2) is 6.10 Å². The van der Waals surface area contributed by atoms with E-state index in [1.807, 2.05) is 25.2 Å². The smallest absolute Gasteiger partial charge is 0.462 e. The maximum atomic E-state index is 14.3. The van der Waals surface area contributed by atoms with Crippen molar-refractivity contribution < 1.29 is 81.3 Å². The van der Waals surface area contributed by atoms with Crippen LogP contribution in [-0.4, -0.2) is 114 Å². The van der Waals surface area contributed by atoms with Gasteiger partial charge in [0.1, 0.15) is 36.6 Å². The fourth-order valence-corrected chi connectivity index (χ4v) is 10.3. The Labute approximate surface area is 452 Å². The number of carbonyl (C=O) groups excluding carboxylic acids is 3. The molecule has 23 heteroatoms. The zero-order valence-corrected chi connectivity index (χ0v) is 46.2. The molecule has 3 heterocycles. The SMILES string of the molecule is CC/C=C\C/C=C\C/C=C\C/C=C\C/C=C\C/C=C\CCC(=O)O[C@@H]1COC(=O)CCCCCC[C@H]2C(=O)C[C@@H](O)[C@H](/C=C/[C@@H](O)CCCCC)[C@H](O)[C@H](O)[C@@H](COP(=O)(O)OP(=O)(O)OC1)O[C@H]2n1ccc(N)nc1=O. The number of phosphoric acid groups is 2. The first-order chi connectivity index (χ1) is 36.9. The summed E-state index contributed by atoms with van der Waals surface area (Å²) in [7, 11) is -11.4. The van der Waals surface area contributed by atoms with Gasteiger partial charge in [-0.05, 0) is 70.3 Å². The highest BCUT2D eigenvalue weighted by molar-refractivity contribution is 7.61. The Balaban J connectivity index is 1.76. The molecule has 0 amide bonds. The van der Waals surface area contributed by atoms with Crippen LogP contribution >= 0.6 is 15.6 Å². The van der Waals surface area contributed by atoms with Gasteiger partial charge < -0.3 is 50.2 Å². The molecule has 11 atom stereocenters. The lowest BCUT2D eigenvalue weighted by Gasteiger charge is -2.38. The second-order valence-corrected chi connectivity index (χ2v) is 21.8. The van der Waals surface area contributed by atoms with Crippen molar-refractivity contribution in [2.75, 3.05) is 25.6 Å². The van der Waals surface area contributed by atoms with E-state index >= 15 is 0 Å². The number of unbranched alkanes of at least 4 members (excludes halogenated alkanes) is 2. The number of hydrogen-bond donors (Lipinski definition) is 7. The van der Waals surface area contributed by atoms with Gasteiger partial charge in [0, 0.05) is 31.4 Å². The molecule has 3 rings (SSSR count). The summed E-state index contributed by atoms with van der Waals surface area (Å²) in [5, 5.41) is 45.6. The number of aromatic nitrogens is 2. The number of phosphoric ester groups is 2. The van der Waals surface area contributed by atoms with Gasteiger partial charge in [-0.25, -0.2) is 13.9 Å². The molecule has 77 heavy (non-hydrogen) atoms.